The van der Waals surface area contributed by atoms with Gasteiger partial charge in [-0.3, -0.25) is 4.79 Å². The predicted octanol–water partition coefficient (Wildman–Crippen LogP) is 4.89. The number of carbonyl (C=O) groups excluding carboxylic acids is 1. The summed E-state index contributed by atoms with van der Waals surface area (Å²) in [6.45, 7) is 2.25. The number of hydrogen-bond donors (Lipinski definition) is 1. The lowest BCUT2D eigenvalue weighted by Crippen LogP contribution is -2.35. The summed E-state index contributed by atoms with van der Waals surface area (Å²) in [5, 5.41) is 4.39. The van der Waals surface area contributed by atoms with Gasteiger partial charge < -0.3 is 10.2 Å². The highest BCUT2D eigenvalue weighted by Gasteiger charge is 2.28. The molecular weight excluding hydrogens is 316 g/mol. The highest BCUT2D eigenvalue weighted by Crippen LogP contribution is 2.41. The van der Waals surface area contributed by atoms with E-state index in [1.165, 1.54) is 35.5 Å². The van der Waals surface area contributed by atoms with Crippen LogP contribution >= 0.6 is 11.3 Å². The minimum Gasteiger partial charge on any atom is -0.349 e. The van der Waals surface area contributed by atoms with Gasteiger partial charge in [-0.15, -0.1) is 11.3 Å². The lowest BCUT2D eigenvalue weighted by molar-refractivity contribution is 0.0932. The van der Waals surface area contributed by atoms with Gasteiger partial charge >= 0.3 is 0 Å². The third-order valence-electron chi connectivity index (χ3n) is 5.20. The van der Waals surface area contributed by atoms with E-state index in [1.807, 2.05) is 6.07 Å². The van der Waals surface area contributed by atoms with Crippen molar-refractivity contribution in [1.29, 1.82) is 0 Å². The van der Waals surface area contributed by atoms with Gasteiger partial charge in [0, 0.05) is 17.8 Å². The predicted molar refractivity (Wildman–Crippen MR) is 100 cm³/mol. The van der Waals surface area contributed by atoms with E-state index in [0.717, 1.165) is 24.1 Å². The van der Waals surface area contributed by atoms with Gasteiger partial charge in [-0.2, -0.15) is 0 Å². The summed E-state index contributed by atoms with van der Waals surface area (Å²) >= 11 is 1.61. The van der Waals surface area contributed by atoms with Gasteiger partial charge in [-0.1, -0.05) is 37.5 Å². The first-order valence-corrected chi connectivity index (χ1v) is 9.82. The van der Waals surface area contributed by atoms with Crippen molar-refractivity contribution in [3.63, 3.8) is 0 Å². The second kappa shape index (κ2) is 6.60. The smallest absolute Gasteiger partial charge is 0.261 e. The van der Waals surface area contributed by atoms with Gasteiger partial charge in [0.1, 0.15) is 0 Å². The number of benzene rings is 1. The summed E-state index contributed by atoms with van der Waals surface area (Å²) in [6, 6.07) is 13.5. The van der Waals surface area contributed by atoms with E-state index in [4.69, 9.17) is 0 Å². The van der Waals surface area contributed by atoms with Crippen LogP contribution in [0.4, 0.5) is 10.7 Å². The molecule has 24 heavy (non-hydrogen) atoms. The van der Waals surface area contributed by atoms with Crippen molar-refractivity contribution in [2.45, 2.75) is 57.5 Å². The fourth-order valence-electron chi connectivity index (χ4n) is 3.98. The Morgan fingerprint density at radius 2 is 1.92 bits per heavy atom. The van der Waals surface area contributed by atoms with Crippen LogP contribution in [0.15, 0.2) is 36.4 Å². The van der Waals surface area contributed by atoms with E-state index in [2.05, 4.69) is 47.5 Å². The number of fused-ring (bicyclic) bond motifs is 1. The first-order valence-electron chi connectivity index (χ1n) is 9.00. The second-order valence-corrected chi connectivity index (χ2v) is 8.06. The molecule has 4 rings (SSSR count). The Balaban J connectivity index is 1.51. The first-order chi connectivity index (χ1) is 11.7. The van der Waals surface area contributed by atoms with E-state index in [-0.39, 0.29) is 5.91 Å². The molecule has 0 unspecified atom stereocenters. The standard InChI is InChI=1S/C20H24N2OS/c1-14-13-15-7-5-6-10-17(15)22(14)19-12-11-18(24-19)20(23)21-16-8-3-2-4-9-16/h5-7,10-12,14,16H,2-4,8-9,13H2,1H3,(H,21,23)/t14-/m1/s1. The maximum Gasteiger partial charge on any atom is 0.261 e. The third-order valence-corrected chi connectivity index (χ3v) is 6.28. The molecule has 1 fully saturated rings. The monoisotopic (exact) mass is 340 g/mol. The molecule has 1 N–H and O–H groups in total. The number of thiophene rings is 1. The molecule has 1 amide bonds. The Morgan fingerprint density at radius 1 is 1.12 bits per heavy atom. The minimum atomic E-state index is 0.0956. The number of hydrogen-bond acceptors (Lipinski definition) is 3. The molecule has 1 aliphatic heterocycles. The molecule has 0 spiro atoms. The molecule has 3 nitrogen and oxygen atoms in total. The largest absolute Gasteiger partial charge is 0.349 e. The van der Waals surface area contributed by atoms with Crippen molar-refractivity contribution >= 4 is 27.9 Å². The molecular formula is C20H24N2OS. The molecule has 0 bridgehead atoms. The normalized spacial score (nSPS) is 20.9. The molecule has 2 aromatic rings. The summed E-state index contributed by atoms with van der Waals surface area (Å²) in [6.07, 6.45) is 7.10. The van der Waals surface area contributed by atoms with Crippen LogP contribution in [0.2, 0.25) is 0 Å². The van der Waals surface area contributed by atoms with Crippen LogP contribution in [0, 0.1) is 0 Å². The Bertz CT molecular complexity index is 733. The zero-order valence-electron chi connectivity index (χ0n) is 14.1. The van der Waals surface area contributed by atoms with E-state index >= 15 is 0 Å². The van der Waals surface area contributed by atoms with Gasteiger partial charge in [0.2, 0.25) is 0 Å². The summed E-state index contributed by atoms with van der Waals surface area (Å²) < 4.78 is 0. The Labute approximate surface area is 147 Å². The summed E-state index contributed by atoms with van der Waals surface area (Å²) in [5.41, 5.74) is 2.68. The molecule has 1 aromatic carbocycles. The van der Waals surface area contributed by atoms with Crippen molar-refractivity contribution in [2.75, 3.05) is 4.90 Å². The molecule has 2 heterocycles. The minimum absolute atomic E-state index is 0.0956. The maximum absolute atomic E-state index is 12.5. The number of anilines is 2. The van der Waals surface area contributed by atoms with Crippen LogP contribution in [-0.2, 0) is 6.42 Å². The maximum atomic E-state index is 12.5. The van der Waals surface area contributed by atoms with Crippen molar-refractivity contribution in [1.82, 2.24) is 5.32 Å². The first kappa shape index (κ1) is 15.7. The zero-order chi connectivity index (χ0) is 16.5. The van der Waals surface area contributed by atoms with E-state index in [1.54, 1.807) is 11.3 Å². The summed E-state index contributed by atoms with van der Waals surface area (Å²) in [5.74, 6) is 0.0956. The summed E-state index contributed by atoms with van der Waals surface area (Å²) in [4.78, 5) is 15.7. The third kappa shape index (κ3) is 2.95. The van der Waals surface area contributed by atoms with Crippen LogP contribution in [0.1, 0.15) is 54.3 Å². The average Bonchev–Trinajstić information content (AvgIpc) is 3.19. The van der Waals surface area contributed by atoms with Gasteiger partial charge in [-0.25, -0.2) is 0 Å². The highest BCUT2D eigenvalue weighted by atomic mass is 32.1. The van der Waals surface area contributed by atoms with Crippen LogP contribution in [0.5, 0.6) is 0 Å². The molecule has 1 aliphatic carbocycles. The molecule has 2 aliphatic rings. The van der Waals surface area contributed by atoms with Crippen LogP contribution in [0.25, 0.3) is 0 Å². The molecule has 1 aromatic heterocycles. The number of carbonyl (C=O) groups is 1. The van der Waals surface area contributed by atoms with Crippen LogP contribution in [0.3, 0.4) is 0 Å². The quantitative estimate of drug-likeness (QED) is 0.862. The Morgan fingerprint density at radius 3 is 2.75 bits per heavy atom. The molecule has 1 atom stereocenters. The van der Waals surface area contributed by atoms with Crippen LogP contribution < -0.4 is 10.2 Å². The molecule has 1 saturated carbocycles. The number of nitrogens with one attached hydrogen (secondary N) is 1. The Hall–Kier alpha value is -1.81. The fraction of sp³-hybridized carbons (Fsp3) is 0.450. The number of nitrogens with zero attached hydrogens (tertiary/aromatic N) is 1. The molecule has 0 radical (unpaired) electrons. The SMILES string of the molecule is C[C@@H]1Cc2ccccc2N1c1ccc(C(=O)NC2CCCCC2)s1. The molecule has 126 valence electrons. The van der Waals surface area contributed by atoms with E-state index < -0.39 is 0 Å². The van der Waals surface area contributed by atoms with Crippen molar-refractivity contribution in [2.24, 2.45) is 0 Å². The van der Waals surface area contributed by atoms with Crippen molar-refractivity contribution < 1.29 is 4.79 Å². The van der Waals surface area contributed by atoms with Crippen molar-refractivity contribution in [3.05, 3.63) is 46.8 Å². The van der Waals surface area contributed by atoms with Gasteiger partial charge in [-0.05, 0) is 49.9 Å². The van der Waals surface area contributed by atoms with Crippen LogP contribution in [-0.4, -0.2) is 18.0 Å². The number of para-hydroxylation sites is 1. The zero-order valence-corrected chi connectivity index (χ0v) is 14.9. The van der Waals surface area contributed by atoms with E-state index in [0.29, 0.717) is 12.1 Å². The molecule has 4 heteroatoms. The van der Waals surface area contributed by atoms with Gasteiger partial charge in [0.05, 0.1) is 9.88 Å². The fourth-order valence-corrected chi connectivity index (χ4v) is 5.01. The lowest BCUT2D eigenvalue weighted by Gasteiger charge is -2.23. The highest BCUT2D eigenvalue weighted by molar-refractivity contribution is 7.18. The van der Waals surface area contributed by atoms with Crippen molar-refractivity contribution in [3.8, 4) is 0 Å². The summed E-state index contributed by atoms with van der Waals surface area (Å²) in [7, 11) is 0. The second-order valence-electron chi connectivity index (χ2n) is 7.00. The Kier molecular flexibility index (Phi) is 4.31. The van der Waals surface area contributed by atoms with Gasteiger partial charge in [0.25, 0.3) is 5.91 Å². The van der Waals surface area contributed by atoms with Gasteiger partial charge in [0.15, 0.2) is 0 Å². The molecule has 0 saturated heterocycles. The number of rotatable bonds is 3. The van der Waals surface area contributed by atoms with E-state index in [9.17, 15) is 4.79 Å². The topological polar surface area (TPSA) is 32.3 Å². The average molecular weight is 340 g/mol. The number of amides is 1. The lowest BCUT2D eigenvalue weighted by atomic mass is 9.95.